The molecule has 4 nitrogen and oxygen atoms in total. The number of halogens is 2. The van der Waals surface area contributed by atoms with Gasteiger partial charge in [-0.1, -0.05) is 12.1 Å². The maximum atomic E-state index is 13.7. The van der Waals surface area contributed by atoms with Crippen LogP contribution in [0.3, 0.4) is 0 Å². The Morgan fingerprint density at radius 2 is 1.79 bits per heavy atom. The molecule has 0 radical (unpaired) electrons. The van der Waals surface area contributed by atoms with Crippen LogP contribution in [0.2, 0.25) is 0 Å². The summed E-state index contributed by atoms with van der Waals surface area (Å²) in [6.07, 6.45) is 0. The van der Waals surface area contributed by atoms with Gasteiger partial charge in [0.1, 0.15) is 17.3 Å². The molecule has 1 heterocycles. The van der Waals surface area contributed by atoms with Gasteiger partial charge in [0.25, 0.3) is 5.91 Å². The molecule has 0 saturated heterocycles. The Hall–Kier alpha value is -3.06. The second-order valence-corrected chi connectivity index (χ2v) is 7.05. The van der Waals surface area contributed by atoms with Crippen molar-refractivity contribution in [1.29, 1.82) is 0 Å². The van der Waals surface area contributed by atoms with Crippen molar-refractivity contribution in [2.75, 3.05) is 11.9 Å². The first-order valence-electron chi connectivity index (χ1n) is 8.54. The summed E-state index contributed by atoms with van der Waals surface area (Å²) in [5, 5.41) is 2.27. The molecule has 3 aromatic rings. The number of hydrogen-bond donors (Lipinski definition) is 1. The number of anilines is 1. The summed E-state index contributed by atoms with van der Waals surface area (Å²) in [6, 6.07) is 11.9. The van der Waals surface area contributed by atoms with E-state index in [1.165, 1.54) is 6.07 Å². The van der Waals surface area contributed by atoms with Crippen molar-refractivity contribution < 1.29 is 23.1 Å². The molecule has 2 aromatic carbocycles. The van der Waals surface area contributed by atoms with Crippen LogP contribution in [0.15, 0.2) is 48.5 Å². The molecule has 1 amide bonds. The third-order valence-corrected chi connectivity index (χ3v) is 5.16. The van der Waals surface area contributed by atoms with Gasteiger partial charge < -0.3 is 10.1 Å². The standard InChI is InChI=1S/C21H17F2NO3S/c1-3-27-21(26)13-8-7-12(2)14(11-13)17-9-10-18(28-17)20(25)24-19-15(22)5-4-6-16(19)23/h4-11H,3H2,1-2H3,(H,24,25). The molecule has 3 rings (SSSR count). The SMILES string of the molecule is CCOC(=O)c1ccc(C)c(-c2ccc(C(=O)Nc3c(F)cccc3F)s2)c1. The van der Waals surface area contributed by atoms with Crippen LogP contribution in [0.4, 0.5) is 14.5 Å². The summed E-state index contributed by atoms with van der Waals surface area (Å²) in [4.78, 5) is 25.4. The summed E-state index contributed by atoms with van der Waals surface area (Å²) < 4.78 is 32.5. The molecule has 0 unspecified atom stereocenters. The van der Waals surface area contributed by atoms with Gasteiger partial charge in [0.2, 0.25) is 0 Å². The van der Waals surface area contributed by atoms with Crippen LogP contribution in [0.5, 0.6) is 0 Å². The van der Waals surface area contributed by atoms with Gasteiger partial charge in [0.05, 0.1) is 17.0 Å². The Morgan fingerprint density at radius 1 is 1.07 bits per heavy atom. The van der Waals surface area contributed by atoms with Crippen LogP contribution in [-0.2, 0) is 4.74 Å². The molecule has 28 heavy (non-hydrogen) atoms. The molecule has 0 atom stereocenters. The molecule has 1 N–H and O–H groups in total. The van der Waals surface area contributed by atoms with Gasteiger partial charge >= 0.3 is 5.97 Å². The number of esters is 1. The van der Waals surface area contributed by atoms with Gasteiger partial charge in [0.15, 0.2) is 0 Å². The number of ether oxygens (including phenoxy) is 1. The van der Waals surface area contributed by atoms with Crippen molar-refractivity contribution in [2.45, 2.75) is 13.8 Å². The summed E-state index contributed by atoms with van der Waals surface area (Å²) in [6.45, 7) is 3.89. The van der Waals surface area contributed by atoms with E-state index in [1.54, 1.807) is 37.3 Å². The maximum Gasteiger partial charge on any atom is 0.338 e. The minimum atomic E-state index is -0.844. The van der Waals surface area contributed by atoms with Gasteiger partial charge in [-0.3, -0.25) is 4.79 Å². The number of hydrogen-bond acceptors (Lipinski definition) is 4. The highest BCUT2D eigenvalue weighted by atomic mass is 32.1. The molecule has 0 aliphatic rings. The number of benzene rings is 2. The quantitative estimate of drug-likeness (QED) is 0.580. The fourth-order valence-corrected chi connectivity index (χ4v) is 3.61. The number of aryl methyl sites for hydroxylation is 1. The second kappa shape index (κ2) is 8.31. The second-order valence-electron chi connectivity index (χ2n) is 5.96. The third-order valence-electron chi connectivity index (χ3n) is 4.05. The molecule has 0 fully saturated rings. The number of para-hydroxylation sites is 1. The predicted octanol–water partition coefficient (Wildman–Crippen LogP) is 5.43. The lowest BCUT2D eigenvalue weighted by molar-refractivity contribution is 0.0526. The van der Waals surface area contributed by atoms with Gasteiger partial charge in [-0.2, -0.15) is 0 Å². The van der Waals surface area contributed by atoms with Crippen LogP contribution in [0, 0.1) is 18.6 Å². The van der Waals surface area contributed by atoms with E-state index in [4.69, 9.17) is 4.74 Å². The van der Waals surface area contributed by atoms with Crippen LogP contribution < -0.4 is 5.32 Å². The molecular formula is C21H17F2NO3S. The summed E-state index contributed by atoms with van der Waals surface area (Å²) in [5.74, 6) is -2.72. The highest BCUT2D eigenvalue weighted by molar-refractivity contribution is 7.17. The molecular weight excluding hydrogens is 384 g/mol. The Labute approximate surface area is 164 Å². The first-order chi connectivity index (χ1) is 13.4. The van der Waals surface area contributed by atoms with Crippen molar-refractivity contribution in [3.63, 3.8) is 0 Å². The molecule has 0 aliphatic carbocycles. The zero-order valence-electron chi connectivity index (χ0n) is 15.2. The van der Waals surface area contributed by atoms with Gasteiger partial charge in [-0.25, -0.2) is 13.6 Å². The normalized spacial score (nSPS) is 10.6. The fourth-order valence-electron chi connectivity index (χ4n) is 2.63. The number of rotatable bonds is 5. The lowest BCUT2D eigenvalue weighted by Gasteiger charge is -2.07. The molecule has 0 aliphatic heterocycles. The minimum absolute atomic E-state index is 0.276. The first-order valence-corrected chi connectivity index (χ1v) is 9.35. The Kier molecular flexibility index (Phi) is 5.84. The largest absolute Gasteiger partial charge is 0.462 e. The van der Waals surface area contributed by atoms with E-state index in [2.05, 4.69) is 5.32 Å². The average molecular weight is 401 g/mol. The van der Waals surface area contributed by atoms with Crippen LogP contribution in [0.1, 0.15) is 32.5 Å². The third kappa shape index (κ3) is 4.09. The number of carbonyl (C=O) groups is 2. The van der Waals surface area contributed by atoms with E-state index in [0.29, 0.717) is 10.4 Å². The maximum absolute atomic E-state index is 13.7. The smallest absolute Gasteiger partial charge is 0.338 e. The summed E-state index contributed by atoms with van der Waals surface area (Å²) in [7, 11) is 0. The number of amides is 1. The molecule has 7 heteroatoms. The zero-order valence-corrected chi connectivity index (χ0v) is 16.0. The predicted molar refractivity (Wildman–Crippen MR) is 105 cm³/mol. The van der Waals surface area contributed by atoms with Crippen molar-refractivity contribution in [2.24, 2.45) is 0 Å². The Balaban J connectivity index is 1.87. The van der Waals surface area contributed by atoms with Gasteiger partial charge in [-0.15, -0.1) is 11.3 Å². The van der Waals surface area contributed by atoms with Gasteiger partial charge in [-0.05, 0) is 61.4 Å². The lowest BCUT2D eigenvalue weighted by atomic mass is 10.0. The highest BCUT2D eigenvalue weighted by Gasteiger charge is 2.17. The average Bonchev–Trinajstić information content (AvgIpc) is 3.15. The summed E-state index contributed by atoms with van der Waals surface area (Å²) in [5.41, 5.74) is 1.63. The van der Waals surface area contributed by atoms with E-state index < -0.39 is 29.2 Å². The van der Waals surface area contributed by atoms with Crippen LogP contribution >= 0.6 is 11.3 Å². The molecule has 144 valence electrons. The highest BCUT2D eigenvalue weighted by Crippen LogP contribution is 2.32. The molecule has 0 spiro atoms. The minimum Gasteiger partial charge on any atom is -0.462 e. The van der Waals surface area contributed by atoms with Gasteiger partial charge in [0, 0.05) is 4.88 Å². The Bertz CT molecular complexity index is 1030. The number of carbonyl (C=O) groups excluding carboxylic acids is 2. The Morgan fingerprint density at radius 3 is 2.46 bits per heavy atom. The topological polar surface area (TPSA) is 55.4 Å². The fraction of sp³-hybridized carbons (Fsp3) is 0.143. The van der Waals surface area contributed by atoms with Crippen LogP contribution in [0.25, 0.3) is 10.4 Å². The number of nitrogens with one attached hydrogen (secondary N) is 1. The monoisotopic (exact) mass is 401 g/mol. The van der Waals surface area contributed by atoms with Crippen molar-refractivity contribution >= 4 is 28.9 Å². The molecule has 0 bridgehead atoms. The van der Waals surface area contributed by atoms with E-state index in [9.17, 15) is 18.4 Å². The zero-order chi connectivity index (χ0) is 20.3. The van der Waals surface area contributed by atoms with Crippen molar-refractivity contribution in [3.05, 3.63) is 76.2 Å². The molecule has 1 aromatic heterocycles. The lowest BCUT2D eigenvalue weighted by Crippen LogP contribution is -2.12. The summed E-state index contributed by atoms with van der Waals surface area (Å²) >= 11 is 1.16. The van der Waals surface area contributed by atoms with E-state index in [-0.39, 0.29) is 6.61 Å². The van der Waals surface area contributed by atoms with Crippen LogP contribution in [-0.4, -0.2) is 18.5 Å². The van der Waals surface area contributed by atoms with E-state index in [0.717, 1.165) is 39.5 Å². The van der Waals surface area contributed by atoms with Crippen molar-refractivity contribution in [3.8, 4) is 10.4 Å². The first kappa shape index (κ1) is 19.7. The molecule has 0 saturated carbocycles. The number of thiophene rings is 1. The van der Waals surface area contributed by atoms with Crippen molar-refractivity contribution in [1.82, 2.24) is 0 Å². The van der Waals surface area contributed by atoms with E-state index in [1.807, 2.05) is 6.92 Å². The van der Waals surface area contributed by atoms with E-state index >= 15 is 0 Å².